The molecule has 4 rings (SSSR count). The molecular weight excluding hydrogens is 396 g/mol. The molecule has 0 aliphatic heterocycles. The summed E-state index contributed by atoms with van der Waals surface area (Å²) in [5, 5.41) is 32.8. The predicted octanol–water partition coefficient (Wildman–Crippen LogP) is 5.97. The Labute approximate surface area is 199 Å². The van der Waals surface area contributed by atoms with Gasteiger partial charge in [0.2, 0.25) is 0 Å². The Balaban J connectivity index is 1.55. The summed E-state index contributed by atoms with van der Waals surface area (Å²) in [5.74, 6) is 2.67. The highest BCUT2D eigenvalue weighted by atomic mass is 16.3. The lowest BCUT2D eigenvalue weighted by Gasteiger charge is -2.58. The topological polar surface area (TPSA) is 60.7 Å². The van der Waals surface area contributed by atoms with Crippen LogP contribution in [0, 0.1) is 52.3 Å². The van der Waals surface area contributed by atoms with Gasteiger partial charge in [0.25, 0.3) is 0 Å². The molecule has 3 saturated carbocycles. The molecule has 3 heteroatoms. The van der Waals surface area contributed by atoms with Crippen molar-refractivity contribution in [3.05, 3.63) is 11.6 Å². The van der Waals surface area contributed by atoms with Crippen LogP contribution in [-0.2, 0) is 0 Å². The Hall–Kier alpha value is -0.380. The summed E-state index contributed by atoms with van der Waals surface area (Å²) < 4.78 is 16.8. The smallest absolute Gasteiger partial charge is 0.0832 e. The van der Waals surface area contributed by atoms with Crippen LogP contribution >= 0.6 is 0 Å². The largest absolute Gasteiger partial charge is 0.393 e. The van der Waals surface area contributed by atoms with Gasteiger partial charge in [0.1, 0.15) is 0 Å². The van der Waals surface area contributed by atoms with Crippen LogP contribution in [0.4, 0.5) is 0 Å². The molecule has 3 nitrogen and oxygen atoms in total. The molecule has 184 valence electrons. The molecule has 12 atom stereocenters. The van der Waals surface area contributed by atoms with Crippen molar-refractivity contribution in [1.29, 1.82) is 0 Å². The first-order valence-corrected chi connectivity index (χ1v) is 13.5. The second-order valence-electron chi connectivity index (χ2n) is 12.7. The minimum Gasteiger partial charge on any atom is -0.393 e. The summed E-state index contributed by atoms with van der Waals surface area (Å²) in [7, 11) is 0. The van der Waals surface area contributed by atoms with Crippen LogP contribution in [0.25, 0.3) is 0 Å². The van der Waals surface area contributed by atoms with E-state index in [1.165, 1.54) is 6.42 Å². The van der Waals surface area contributed by atoms with E-state index in [1.54, 1.807) is 0 Å². The van der Waals surface area contributed by atoms with Crippen molar-refractivity contribution in [3.8, 4) is 0 Å². The number of fused-ring (bicyclic) bond motifs is 5. The van der Waals surface area contributed by atoms with Gasteiger partial charge in [-0.15, -0.1) is 0 Å². The third kappa shape index (κ3) is 3.83. The average molecular weight is 451 g/mol. The Morgan fingerprint density at radius 2 is 1.78 bits per heavy atom. The lowest BCUT2D eigenvalue weighted by Crippen LogP contribution is -2.52. The Morgan fingerprint density at radius 1 is 1.06 bits per heavy atom. The fourth-order valence-corrected chi connectivity index (χ4v) is 9.12. The van der Waals surface area contributed by atoms with Gasteiger partial charge in [-0.3, -0.25) is 0 Å². The molecule has 0 spiro atoms. The molecule has 4 aliphatic carbocycles. The highest BCUT2D eigenvalue weighted by molar-refractivity contribution is 5.25. The van der Waals surface area contributed by atoms with Gasteiger partial charge in [-0.2, -0.15) is 0 Å². The second kappa shape index (κ2) is 9.00. The molecule has 0 heterocycles. The van der Waals surface area contributed by atoms with Gasteiger partial charge in [0, 0.05) is 1.37 Å². The van der Waals surface area contributed by atoms with Crippen LogP contribution in [-0.4, -0.2) is 33.6 Å². The normalized spacial score (nSPS) is 50.8. The SMILES string of the molecule is [3H]C1C2=CC[C@H]3[C@@H]4CC[C@H]([C@H](C)[C@@H](O)[C@H](O)C(CC)C(C)C)[C@@]4(C)CC[C@@H]3[C@@]2(C)CC[C@]1([3H])O. The number of aliphatic hydroxyl groups excluding tert-OH is 2. The van der Waals surface area contributed by atoms with Gasteiger partial charge in [0.05, 0.1) is 19.7 Å². The predicted molar refractivity (Wildman–Crippen MR) is 131 cm³/mol. The van der Waals surface area contributed by atoms with Crippen LogP contribution in [0.1, 0.15) is 102 Å². The van der Waals surface area contributed by atoms with E-state index in [0.717, 1.165) is 44.1 Å². The number of rotatable bonds is 6. The quantitative estimate of drug-likeness (QED) is 0.437. The maximum atomic E-state index is 11.3. The van der Waals surface area contributed by atoms with E-state index >= 15 is 0 Å². The van der Waals surface area contributed by atoms with Crippen molar-refractivity contribution in [3.63, 3.8) is 0 Å². The molecule has 0 aromatic carbocycles. The Bertz CT molecular complexity index is 781. The lowest BCUT2D eigenvalue weighted by atomic mass is 9.47. The number of allylic oxidation sites excluding steroid dienone is 1. The number of aliphatic hydroxyl groups is 3. The van der Waals surface area contributed by atoms with Crippen molar-refractivity contribution in [2.45, 2.75) is 118 Å². The molecule has 0 aromatic heterocycles. The maximum absolute atomic E-state index is 11.3. The Morgan fingerprint density at radius 3 is 2.44 bits per heavy atom. The van der Waals surface area contributed by atoms with Gasteiger partial charge in [-0.1, -0.05) is 59.6 Å². The molecule has 0 amide bonds. The van der Waals surface area contributed by atoms with E-state index in [9.17, 15) is 15.3 Å². The summed E-state index contributed by atoms with van der Waals surface area (Å²) in [6.45, 7) is 13.3. The third-order valence-electron chi connectivity index (χ3n) is 11.1. The summed E-state index contributed by atoms with van der Waals surface area (Å²) >= 11 is 0. The van der Waals surface area contributed by atoms with E-state index in [-0.39, 0.29) is 22.7 Å². The minimum atomic E-state index is -1.65. The minimum absolute atomic E-state index is 0.0743. The van der Waals surface area contributed by atoms with Crippen LogP contribution in [0.5, 0.6) is 0 Å². The first-order valence-electron chi connectivity index (χ1n) is 14.6. The zero-order chi connectivity index (χ0) is 25.2. The van der Waals surface area contributed by atoms with Crippen molar-refractivity contribution >= 4 is 0 Å². The monoisotopic (exact) mass is 450 g/mol. The number of hydrogen-bond acceptors (Lipinski definition) is 3. The lowest BCUT2D eigenvalue weighted by molar-refractivity contribution is -0.0991. The van der Waals surface area contributed by atoms with E-state index in [0.29, 0.717) is 36.0 Å². The van der Waals surface area contributed by atoms with Crippen molar-refractivity contribution < 1.29 is 18.1 Å². The molecule has 0 saturated heterocycles. The molecule has 4 aliphatic rings. The zero-order valence-electron chi connectivity index (χ0n) is 23.3. The molecule has 32 heavy (non-hydrogen) atoms. The molecule has 3 N–H and O–H groups in total. The summed E-state index contributed by atoms with van der Waals surface area (Å²) in [5.41, 5.74) is 1.12. The van der Waals surface area contributed by atoms with Gasteiger partial charge in [-0.25, -0.2) is 0 Å². The van der Waals surface area contributed by atoms with E-state index < -0.39 is 24.7 Å². The maximum Gasteiger partial charge on any atom is 0.0832 e. The standard InChI is InChI=1S/C29H50O3/c1-7-21(17(2)3)27(32)26(31)18(4)23-10-11-24-22-9-8-19-16-20(30)12-14-28(19,5)25(22)13-15-29(23,24)6/h8,17-18,20-27,30-32H,7,9-16H2,1-6H3/t18-,20-,21?,22-,23+,24-,25-,26+,27+,28-,29+/m0/s1/i16T,20T/t16?,18-,20-,21?,22-,23+,24-,25-,26+,27+,28-,29+. The first kappa shape index (κ1) is 22.1. The van der Waals surface area contributed by atoms with Gasteiger partial charge < -0.3 is 15.3 Å². The van der Waals surface area contributed by atoms with Gasteiger partial charge >= 0.3 is 0 Å². The van der Waals surface area contributed by atoms with Crippen molar-refractivity contribution in [1.82, 2.24) is 0 Å². The highest BCUT2D eigenvalue weighted by Crippen LogP contribution is 2.67. The molecule has 3 fully saturated rings. The zero-order valence-corrected chi connectivity index (χ0v) is 21.3. The van der Waals surface area contributed by atoms with Crippen LogP contribution in [0.15, 0.2) is 11.6 Å². The van der Waals surface area contributed by atoms with Gasteiger partial charge in [0.15, 0.2) is 0 Å². The second-order valence-corrected chi connectivity index (χ2v) is 12.7. The van der Waals surface area contributed by atoms with Crippen LogP contribution < -0.4 is 0 Å². The molecular formula is C29H50O3. The van der Waals surface area contributed by atoms with Crippen LogP contribution in [0.2, 0.25) is 0 Å². The van der Waals surface area contributed by atoms with Crippen molar-refractivity contribution in [2.75, 3.05) is 0 Å². The highest BCUT2D eigenvalue weighted by Gasteiger charge is 2.59. The van der Waals surface area contributed by atoms with Crippen molar-refractivity contribution in [2.24, 2.45) is 52.3 Å². The van der Waals surface area contributed by atoms with E-state index in [1.807, 2.05) is 0 Å². The number of hydrogen-bond donors (Lipinski definition) is 3. The third-order valence-corrected chi connectivity index (χ3v) is 11.1. The molecule has 2 unspecified atom stereocenters. The first-order chi connectivity index (χ1) is 15.8. The average Bonchev–Trinajstić information content (AvgIpc) is 3.13. The summed E-state index contributed by atoms with van der Waals surface area (Å²) in [6.07, 6.45) is 5.98. The van der Waals surface area contributed by atoms with Crippen LogP contribution in [0.3, 0.4) is 0 Å². The van der Waals surface area contributed by atoms with E-state index in [4.69, 9.17) is 2.74 Å². The summed E-state index contributed by atoms with van der Waals surface area (Å²) in [6, 6.07) is 0. The van der Waals surface area contributed by atoms with Gasteiger partial charge in [-0.05, 0) is 104 Å². The molecule has 0 radical (unpaired) electrons. The fourth-order valence-electron chi connectivity index (χ4n) is 9.12. The Kier molecular flexibility index (Phi) is 6.22. The fraction of sp³-hybridized carbons (Fsp3) is 0.931. The molecule has 0 aromatic rings. The van der Waals surface area contributed by atoms with E-state index in [2.05, 4.69) is 47.6 Å². The summed E-state index contributed by atoms with van der Waals surface area (Å²) in [4.78, 5) is 0. The molecule has 0 bridgehead atoms.